The summed E-state index contributed by atoms with van der Waals surface area (Å²) in [6.45, 7) is 4.77. The summed E-state index contributed by atoms with van der Waals surface area (Å²) in [4.78, 5) is 37.6. The Hall–Kier alpha value is -1.79. The molecule has 0 aromatic carbocycles. The van der Waals surface area contributed by atoms with E-state index >= 15 is 0 Å². The molecule has 0 aliphatic carbocycles. The summed E-state index contributed by atoms with van der Waals surface area (Å²) in [5, 5.41) is 9.02. The molecule has 1 heterocycles. The number of carbonyl (C=O) groups is 3. The Morgan fingerprint density at radius 2 is 2.05 bits per heavy atom. The first-order valence-electron chi connectivity index (χ1n) is 6.91. The largest absolute Gasteiger partial charge is 0.481 e. The maximum absolute atomic E-state index is 12.3. The second-order valence-electron chi connectivity index (χ2n) is 4.73. The molecule has 0 radical (unpaired) electrons. The van der Waals surface area contributed by atoms with Gasteiger partial charge < -0.3 is 19.6 Å². The van der Waals surface area contributed by atoms with Crippen molar-refractivity contribution in [1.29, 1.82) is 0 Å². The van der Waals surface area contributed by atoms with Gasteiger partial charge in [-0.05, 0) is 26.7 Å². The summed E-state index contributed by atoms with van der Waals surface area (Å²) in [6, 6.07) is -0.300. The van der Waals surface area contributed by atoms with Crippen molar-refractivity contribution in [2.45, 2.75) is 26.7 Å². The van der Waals surface area contributed by atoms with Crippen molar-refractivity contribution in [2.24, 2.45) is 5.92 Å². The van der Waals surface area contributed by atoms with Crippen LogP contribution in [0.1, 0.15) is 26.7 Å². The van der Waals surface area contributed by atoms with Crippen LogP contribution in [0.4, 0.5) is 4.79 Å². The summed E-state index contributed by atoms with van der Waals surface area (Å²) < 4.78 is 4.83. The van der Waals surface area contributed by atoms with Gasteiger partial charge in [0.2, 0.25) is 0 Å². The number of urea groups is 1. The van der Waals surface area contributed by atoms with Crippen molar-refractivity contribution >= 4 is 18.0 Å². The Kier molecular flexibility index (Phi) is 6.27. The van der Waals surface area contributed by atoms with E-state index in [9.17, 15) is 14.4 Å². The first kappa shape index (κ1) is 16.3. The number of carbonyl (C=O) groups excluding carboxylic acids is 2. The number of likely N-dealkylation sites (tertiary alicyclic amines) is 1. The number of hydrogen-bond acceptors (Lipinski definition) is 4. The number of rotatable bonds is 5. The summed E-state index contributed by atoms with van der Waals surface area (Å²) >= 11 is 0. The van der Waals surface area contributed by atoms with Crippen molar-refractivity contribution < 1.29 is 24.2 Å². The van der Waals surface area contributed by atoms with Crippen LogP contribution in [0.2, 0.25) is 0 Å². The molecule has 1 unspecified atom stereocenters. The Morgan fingerprint density at radius 3 is 2.60 bits per heavy atom. The predicted octanol–water partition coefficient (Wildman–Crippen LogP) is 0.788. The highest BCUT2D eigenvalue weighted by Gasteiger charge is 2.30. The molecule has 7 heteroatoms. The highest BCUT2D eigenvalue weighted by molar-refractivity contribution is 5.81. The van der Waals surface area contributed by atoms with E-state index in [1.807, 2.05) is 0 Å². The van der Waals surface area contributed by atoms with E-state index < -0.39 is 17.9 Å². The highest BCUT2D eigenvalue weighted by atomic mass is 16.5. The lowest BCUT2D eigenvalue weighted by Gasteiger charge is -2.34. The number of carboxylic acid groups (broad SMARTS) is 1. The molecule has 114 valence electrons. The van der Waals surface area contributed by atoms with Crippen LogP contribution >= 0.6 is 0 Å². The zero-order chi connectivity index (χ0) is 15.1. The smallest absolute Gasteiger partial charge is 0.325 e. The van der Waals surface area contributed by atoms with E-state index in [-0.39, 0.29) is 25.7 Å². The molecule has 1 aliphatic rings. The van der Waals surface area contributed by atoms with Crippen LogP contribution in [0.15, 0.2) is 0 Å². The first-order valence-corrected chi connectivity index (χ1v) is 6.91. The van der Waals surface area contributed by atoms with Gasteiger partial charge in [-0.25, -0.2) is 4.79 Å². The number of ether oxygens (including phenoxy) is 1. The SMILES string of the molecule is CCOC(=O)CN(CC)C(=O)N1CCCC(C(=O)O)C1. The van der Waals surface area contributed by atoms with Gasteiger partial charge in [-0.15, -0.1) is 0 Å². The average Bonchev–Trinajstić information content (AvgIpc) is 2.44. The van der Waals surface area contributed by atoms with Crippen LogP contribution in [-0.4, -0.2) is 65.7 Å². The Bertz CT molecular complexity index is 372. The van der Waals surface area contributed by atoms with Crippen molar-refractivity contribution in [2.75, 3.05) is 32.8 Å². The Balaban J connectivity index is 2.61. The van der Waals surface area contributed by atoms with Crippen LogP contribution in [0.5, 0.6) is 0 Å². The van der Waals surface area contributed by atoms with Gasteiger partial charge >= 0.3 is 18.0 Å². The van der Waals surface area contributed by atoms with Crippen LogP contribution in [0.25, 0.3) is 0 Å². The van der Waals surface area contributed by atoms with Crippen LogP contribution in [0, 0.1) is 5.92 Å². The number of carboxylic acids is 1. The first-order chi connectivity index (χ1) is 9.49. The fraction of sp³-hybridized carbons (Fsp3) is 0.769. The Labute approximate surface area is 118 Å². The lowest BCUT2D eigenvalue weighted by atomic mass is 9.99. The monoisotopic (exact) mass is 286 g/mol. The van der Waals surface area contributed by atoms with Crippen molar-refractivity contribution in [3.05, 3.63) is 0 Å². The summed E-state index contributed by atoms with van der Waals surface area (Å²) in [7, 11) is 0. The molecular formula is C13H22N2O5. The summed E-state index contributed by atoms with van der Waals surface area (Å²) in [5.74, 6) is -1.85. The molecule has 0 aromatic rings. The molecule has 2 amide bonds. The molecule has 0 bridgehead atoms. The standard InChI is InChI=1S/C13H22N2O5/c1-3-14(9-11(16)20-4-2)13(19)15-7-5-6-10(8-15)12(17)18/h10H,3-9H2,1-2H3,(H,17,18). The van der Waals surface area contributed by atoms with E-state index in [1.54, 1.807) is 13.8 Å². The topological polar surface area (TPSA) is 87.2 Å². The third-order valence-electron chi connectivity index (χ3n) is 3.32. The zero-order valence-electron chi connectivity index (χ0n) is 12.0. The number of aliphatic carboxylic acids is 1. The molecule has 1 N–H and O–H groups in total. The van der Waals surface area contributed by atoms with Crippen molar-refractivity contribution in [3.8, 4) is 0 Å². The number of piperidine rings is 1. The molecule has 1 saturated heterocycles. The average molecular weight is 286 g/mol. The summed E-state index contributed by atoms with van der Waals surface area (Å²) in [5.41, 5.74) is 0. The van der Waals surface area contributed by atoms with Crippen LogP contribution < -0.4 is 0 Å². The number of likely N-dealkylation sites (N-methyl/N-ethyl adjacent to an activating group) is 1. The maximum Gasteiger partial charge on any atom is 0.325 e. The third-order valence-corrected chi connectivity index (χ3v) is 3.32. The molecule has 0 spiro atoms. The molecule has 1 rings (SSSR count). The lowest BCUT2D eigenvalue weighted by Crippen LogP contribution is -2.50. The lowest BCUT2D eigenvalue weighted by molar-refractivity contribution is -0.145. The van der Waals surface area contributed by atoms with E-state index in [4.69, 9.17) is 9.84 Å². The maximum atomic E-state index is 12.3. The van der Waals surface area contributed by atoms with Gasteiger partial charge in [0.05, 0.1) is 12.5 Å². The molecule has 1 fully saturated rings. The molecular weight excluding hydrogens is 264 g/mol. The minimum atomic E-state index is -0.879. The number of amides is 2. The molecule has 1 atom stereocenters. The zero-order valence-corrected chi connectivity index (χ0v) is 12.0. The normalized spacial score (nSPS) is 18.5. The minimum absolute atomic E-state index is 0.0998. The van der Waals surface area contributed by atoms with Crippen LogP contribution in [-0.2, 0) is 14.3 Å². The second-order valence-corrected chi connectivity index (χ2v) is 4.73. The number of nitrogens with zero attached hydrogens (tertiary/aromatic N) is 2. The van der Waals surface area contributed by atoms with E-state index in [1.165, 1.54) is 9.80 Å². The molecule has 7 nitrogen and oxygen atoms in total. The van der Waals surface area contributed by atoms with Gasteiger partial charge in [0.15, 0.2) is 0 Å². The minimum Gasteiger partial charge on any atom is -0.481 e. The fourth-order valence-electron chi connectivity index (χ4n) is 2.23. The number of esters is 1. The second kappa shape index (κ2) is 7.72. The molecule has 1 aliphatic heterocycles. The quantitative estimate of drug-likeness (QED) is 0.755. The Morgan fingerprint density at radius 1 is 1.35 bits per heavy atom. The van der Waals surface area contributed by atoms with E-state index in [0.29, 0.717) is 25.9 Å². The predicted molar refractivity (Wildman–Crippen MR) is 71.2 cm³/mol. The van der Waals surface area contributed by atoms with Crippen LogP contribution in [0.3, 0.4) is 0 Å². The van der Waals surface area contributed by atoms with Gasteiger partial charge in [-0.2, -0.15) is 0 Å². The molecule has 20 heavy (non-hydrogen) atoms. The van der Waals surface area contributed by atoms with Crippen molar-refractivity contribution in [3.63, 3.8) is 0 Å². The number of hydrogen-bond donors (Lipinski definition) is 1. The molecule has 0 saturated carbocycles. The fourth-order valence-corrected chi connectivity index (χ4v) is 2.23. The highest BCUT2D eigenvalue weighted by Crippen LogP contribution is 2.18. The van der Waals surface area contributed by atoms with Crippen molar-refractivity contribution in [1.82, 2.24) is 9.80 Å². The summed E-state index contributed by atoms with van der Waals surface area (Å²) in [6.07, 6.45) is 1.25. The van der Waals surface area contributed by atoms with E-state index in [0.717, 1.165) is 0 Å². The van der Waals surface area contributed by atoms with Gasteiger partial charge in [-0.3, -0.25) is 9.59 Å². The van der Waals surface area contributed by atoms with Gasteiger partial charge in [0, 0.05) is 19.6 Å². The third kappa shape index (κ3) is 4.40. The van der Waals surface area contributed by atoms with E-state index in [2.05, 4.69) is 0 Å². The van der Waals surface area contributed by atoms with Gasteiger partial charge in [-0.1, -0.05) is 0 Å². The van der Waals surface area contributed by atoms with Gasteiger partial charge in [0.25, 0.3) is 0 Å². The molecule has 0 aromatic heterocycles. The van der Waals surface area contributed by atoms with Gasteiger partial charge in [0.1, 0.15) is 6.54 Å².